The Morgan fingerprint density at radius 1 is 1.24 bits per heavy atom. The van der Waals surface area contributed by atoms with Gasteiger partial charge >= 0.3 is 6.18 Å². The van der Waals surface area contributed by atoms with Gasteiger partial charge in [0.1, 0.15) is 0 Å². The molecule has 2 atom stereocenters. The Morgan fingerprint density at radius 3 is 2.71 bits per heavy atom. The highest BCUT2D eigenvalue weighted by Crippen LogP contribution is 2.45. The van der Waals surface area contributed by atoms with Crippen LogP contribution in [-0.2, 0) is 22.1 Å². The van der Waals surface area contributed by atoms with E-state index in [1.165, 1.54) is 6.07 Å². The maximum Gasteiger partial charge on any atom is 0.417 e. The Bertz CT molecular complexity index is 1110. The number of benzene rings is 2. The number of ether oxygens (including phenoxy) is 1. The smallest absolute Gasteiger partial charge is 0.384 e. The van der Waals surface area contributed by atoms with Crippen LogP contribution in [0.15, 0.2) is 42.5 Å². The molecule has 2 aliphatic heterocycles. The molecule has 0 saturated carbocycles. The SMILES string of the molecule is COC[C@@]12CCN(c3ccc(C#N)c(C(F)(F)F)c3)C[C@@H]1CN(C(=O)Cc1cccc(C)c1)C2. The molecule has 2 saturated heterocycles. The number of carbonyl (C=O) groups is 1. The van der Waals surface area contributed by atoms with Gasteiger partial charge in [0.05, 0.1) is 30.2 Å². The number of nitrogens with zero attached hydrogens (tertiary/aromatic N) is 3. The molecule has 2 aromatic carbocycles. The van der Waals surface area contributed by atoms with Gasteiger partial charge in [0, 0.05) is 50.3 Å². The van der Waals surface area contributed by atoms with Gasteiger partial charge in [0.25, 0.3) is 0 Å². The third kappa shape index (κ3) is 4.76. The minimum atomic E-state index is -4.59. The number of rotatable bonds is 5. The predicted molar refractivity (Wildman–Crippen MR) is 122 cm³/mol. The Morgan fingerprint density at radius 2 is 2.03 bits per heavy atom. The van der Waals surface area contributed by atoms with Gasteiger partial charge in [-0.1, -0.05) is 29.8 Å². The molecule has 0 unspecified atom stereocenters. The first-order valence-corrected chi connectivity index (χ1v) is 11.3. The lowest BCUT2D eigenvalue weighted by Crippen LogP contribution is -2.49. The van der Waals surface area contributed by atoms with Crippen LogP contribution >= 0.6 is 0 Å². The van der Waals surface area contributed by atoms with E-state index in [4.69, 9.17) is 10.00 Å². The largest absolute Gasteiger partial charge is 0.417 e. The van der Waals surface area contributed by atoms with Crippen molar-refractivity contribution in [2.24, 2.45) is 11.3 Å². The number of nitriles is 1. The van der Waals surface area contributed by atoms with Gasteiger partial charge in [-0.3, -0.25) is 4.79 Å². The molecule has 2 heterocycles. The summed E-state index contributed by atoms with van der Waals surface area (Å²) < 4.78 is 46.0. The lowest BCUT2D eigenvalue weighted by molar-refractivity contribution is -0.137. The lowest BCUT2D eigenvalue weighted by Gasteiger charge is -2.44. The molecule has 0 aliphatic carbocycles. The van der Waals surface area contributed by atoms with E-state index in [0.29, 0.717) is 51.3 Å². The minimum absolute atomic E-state index is 0.0553. The number of methoxy groups -OCH3 is 1. The van der Waals surface area contributed by atoms with E-state index in [-0.39, 0.29) is 22.8 Å². The molecule has 5 nitrogen and oxygen atoms in total. The first kappa shape index (κ1) is 24.1. The normalized spacial score (nSPS) is 22.4. The van der Waals surface area contributed by atoms with E-state index in [9.17, 15) is 18.0 Å². The van der Waals surface area contributed by atoms with E-state index in [0.717, 1.165) is 17.2 Å². The second kappa shape index (κ2) is 9.30. The molecule has 180 valence electrons. The zero-order chi connectivity index (χ0) is 24.5. The van der Waals surface area contributed by atoms with E-state index < -0.39 is 11.7 Å². The maximum atomic E-state index is 13.5. The van der Waals surface area contributed by atoms with Crippen LogP contribution in [0.3, 0.4) is 0 Å². The van der Waals surface area contributed by atoms with Crippen LogP contribution in [-0.4, -0.2) is 50.7 Å². The number of likely N-dealkylation sites (tertiary alicyclic amines) is 1. The summed E-state index contributed by atoms with van der Waals surface area (Å²) >= 11 is 0. The van der Waals surface area contributed by atoms with Crippen LogP contribution in [0.4, 0.5) is 18.9 Å². The van der Waals surface area contributed by atoms with Crippen molar-refractivity contribution in [2.45, 2.75) is 25.9 Å². The second-order valence-electron chi connectivity index (χ2n) is 9.47. The summed E-state index contributed by atoms with van der Waals surface area (Å²) in [5, 5.41) is 9.09. The summed E-state index contributed by atoms with van der Waals surface area (Å²) in [5.74, 6) is 0.132. The molecule has 0 aromatic heterocycles. The molecule has 0 radical (unpaired) electrons. The predicted octanol–water partition coefficient (Wildman–Crippen LogP) is 4.43. The highest BCUT2D eigenvalue weighted by molar-refractivity contribution is 5.79. The zero-order valence-electron chi connectivity index (χ0n) is 19.4. The Labute approximate surface area is 197 Å². The Balaban J connectivity index is 1.53. The van der Waals surface area contributed by atoms with Crippen molar-refractivity contribution in [2.75, 3.05) is 44.8 Å². The summed E-state index contributed by atoms with van der Waals surface area (Å²) in [4.78, 5) is 16.9. The number of aryl methyl sites for hydroxylation is 1. The number of fused-ring (bicyclic) bond motifs is 1. The van der Waals surface area contributed by atoms with Crippen molar-refractivity contribution < 1.29 is 22.7 Å². The van der Waals surface area contributed by atoms with Crippen LogP contribution in [0, 0.1) is 29.6 Å². The second-order valence-corrected chi connectivity index (χ2v) is 9.47. The van der Waals surface area contributed by atoms with E-state index in [2.05, 4.69) is 0 Å². The summed E-state index contributed by atoms with van der Waals surface area (Å²) in [6.07, 6.45) is -3.56. The number of amides is 1. The number of halogens is 3. The third-order valence-corrected chi connectivity index (χ3v) is 7.15. The van der Waals surface area contributed by atoms with E-state index >= 15 is 0 Å². The summed E-state index contributed by atoms with van der Waals surface area (Å²) in [6.45, 7) is 4.72. The lowest BCUT2D eigenvalue weighted by atomic mass is 9.73. The van der Waals surface area contributed by atoms with Crippen LogP contribution < -0.4 is 4.90 Å². The average Bonchev–Trinajstić information content (AvgIpc) is 3.17. The molecule has 2 aromatic rings. The minimum Gasteiger partial charge on any atom is -0.384 e. The fourth-order valence-electron chi connectivity index (χ4n) is 5.40. The monoisotopic (exact) mass is 471 g/mol. The van der Waals surface area contributed by atoms with Crippen LogP contribution in [0.2, 0.25) is 0 Å². The number of hydrogen-bond acceptors (Lipinski definition) is 4. The van der Waals surface area contributed by atoms with Crippen LogP contribution in [0.25, 0.3) is 0 Å². The fraction of sp³-hybridized carbons (Fsp3) is 0.462. The van der Waals surface area contributed by atoms with Gasteiger partial charge in [-0.2, -0.15) is 18.4 Å². The Kier molecular flexibility index (Phi) is 6.59. The molecular formula is C26H28F3N3O2. The van der Waals surface area contributed by atoms with Crippen LogP contribution in [0.5, 0.6) is 0 Å². The molecule has 8 heteroatoms. The highest BCUT2D eigenvalue weighted by atomic mass is 19.4. The first-order valence-electron chi connectivity index (χ1n) is 11.3. The average molecular weight is 472 g/mol. The van der Waals surface area contributed by atoms with Crippen molar-refractivity contribution in [3.8, 4) is 6.07 Å². The fourth-order valence-corrected chi connectivity index (χ4v) is 5.40. The van der Waals surface area contributed by atoms with Gasteiger partial charge in [-0.25, -0.2) is 0 Å². The Hall–Kier alpha value is -3.05. The van der Waals surface area contributed by atoms with Crippen molar-refractivity contribution >= 4 is 11.6 Å². The van der Waals surface area contributed by atoms with Gasteiger partial charge < -0.3 is 14.5 Å². The molecule has 2 fully saturated rings. The molecule has 1 amide bonds. The van der Waals surface area contributed by atoms with Crippen molar-refractivity contribution in [1.29, 1.82) is 5.26 Å². The summed E-state index contributed by atoms with van der Waals surface area (Å²) in [6, 6.07) is 13.4. The number of hydrogen-bond donors (Lipinski definition) is 0. The van der Waals surface area contributed by atoms with Crippen molar-refractivity contribution in [1.82, 2.24) is 4.90 Å². The van der Waals surface area contributed by atoms with Crippen molar-refractivity contribution in [3.63, 3.8) is 0 Å². The molecule has 0 spiro atoms. The van der Waals surface area contributed by atoms with Crippen molar-refractivity contribution in [3.05, 3.63) is 64.7 Å². The number of piperidine rings is 1. The molecule has 0 N–H and O–H groups in total. The number of alkyl halides is 3. The number of anilines is 1. The zero-order valence-corrected chi connectivity index (χ0v) is 19.4. The number of carbonyl (C=O) groups excluding carboxylic acids is 1. The maximum absolute atomic E-state index is 13.5. The van der Waals surface area contributed by atoms with Gasteiger partial charge in [-0.15, -0.1) is 0 Å². The summed E-state index contributed by atoms with van der Waals surface area (Å²) in [7, 11) is 1.64. The van der Waals surface area contributed by atoms with E-state index in [1.54, 1.807) is 19.2 Å². The molecule has 0 bridgehead atoms. The molecular weight excluding hydrogens is 443 g/mol. The van der Waals surface area contributed by atoms with E-state index in [1.807, 2.05) is 41.0 Å². The highest BCUT2D eigenvalue weighted by Gasteiger charge is 2.50. The first-order chi connectivity index (χ1) is 16.1. The van der Waals surface area contributed by atoms with Gasteiger partial charge in [0.2, 0.25) is 5.91 Å². The molecule has 34 heavy (non-hydrogen) atoms. The molecule has 4 rings (SSSR count). The quantitative estimate of drug-likeness (QED) is 0.648. The summed E-state index contributed by atoms with van der Waals surface area (Å²) in [5.41, 5.74) is 1.01. The van der Waals surface area contributed by atoms with Crippen LogP contribution in [0.1, 0.15) is 28.7 Å². The standard InChI is InChI=1S/C26H28F3N3O2/c1-18-4-3-5-19(10-18)11-24(33)32-15-21-14-31(9-8-25(21,16-32)17-34-2)22-7-6-20(13-30)23(12-22)26(27,28)29/h3-7,10,12,21H,8-9,11,14-17H2,1-2H3/t21-,25+/m1/s1. The third-order valence-electron chi connectivity index (χ3n) is 7.15. The van der Waals surface area contributed by atoms with Gasteiger partial charge in [-0.05, 0) is 37.1 Å². The topological polar surface area (TPSA) is 56.6 Å². The molecule has 2 aliphatic rings. The van der Waals surface area contributed by atoms with Gasteiger partial charge in [0.15, 0.2) is 0 Å².